The normalized spacial score (nSPS) is 10.3. The number of benzene rings is 1. The Bertz CT molecular complexity index is 551. The van der Waals surface area contributed by atoms with Crippen LogP contribution < -0.4 is 5.32 Å². The van der Waals surface area contributed by atoms with Crippen LogP contribution in [0.3, 0.4) is 0 Å². The summed E-state index contributed by atoms with van der Waals surface area (Å²) < 4.78 is 0.985. The molecule has 1 aromatic carbocycles. The van der Waals surface area contributed by atoms with Gasteiger partial charge in [-0.3, -0.25) is 9.89 Å². The first-order valence-electron chi connectivity index (χ1n) is 5.65. The summed E-state index contributed by atoms with van der Waals surface area (Å²) in [5.41, 5.74) is 2.99. The van der Waals surface area contributed by atoms with Gasteiger partial charge in [0.1, 0.15) is 0 Å². The molecule has 0 bridgehead atoms. The average molecular weight is 308 g/mol. The third-order valence-corrected chi connectivity index (χ3v) is 3.16. The third-order valence-electron chi connectivity index (χ3n) is 2.66. The maximum atomic E-state index is 11.8. The Morgan fingerprint density at radius 2 is 2.33 bits per heavy atom. The van der Waals surface area contributed by atoms with E-state index in [1.54, 1.807) is 6.20 Å². The third kappa shape index (κ3) is 3.43. The number of amides is 1. The number of nitrogens with zero attached hydrogens (tertiary/aromatic N) is 1. The Hall–Kier alpha value is -1.62. The second-order valence-electron chi connectivity index (χ2n) is 4.10. The quantitative estimate of drug-likeness (QED) is 0.911. The van der Waals surface area contributed by atoms with Gasteiger partial charge in [0.15, 0.2) is 0 Å². The molecule has 2 N–H and O–H groups in total. The van der Waals surface area contributed by atoms with E-state index in [1.165, 1.54) is 0 Å². The van der Waals surface area contributed by atoms with Gasteiger partial charge in [-0.25, -0.2) is 0 Å². The molecule has 0 spiro atoms. The molecule has 0 saturated carbocycles. The predicted octanol–water partition coefficient (Wildman–Crippen LogP) is 2.34. The van der Waals surface area contributed by atoms with Gasteiger partial charge in [0.2, 0.25) is 5.91 Å². The molecule has 1 aromatic heterocycles. The van der Waals surface area contributed by atoms with E-state index in [4.69, 9.17) is 0 Å². The summed E-state index contributed by atoms with van der Waals surface area (Å²) >= 11 is 3.39. The first kappa shape index (κ1) is 12.8. The molecule has 0 radical (unpaired) electrons. The van der Waals surface area contributed by atoms with E-state index in [0.717, 1.165) is 21.3 Å². The number of H-pyrrole nitrogens is 1. The van der Waals surface area contributed by atoms with Crippen LogP contribution in [0.2, 0.25) is 0 Å². The monoisotopic (exact) mass is 307 g/mol. The lowest BCUT2D eigenvalue weighted by Gasteiger charge is -2.05. The van der Waals surface area contributed by atoms with Gasteiger partial charge in [-0.2, -0.15) is 5.10 Å². The van der Waals surface area contributed by atoms with Gasteiger partial charge in [0.25, 0.3) is 0 Å². The van der Waals surface area contributed by atoms with Crippen molar-refractivity contribution in [2.75, 3.05) is 0 Å². The SMILES string of the molecule is Cc1[nH]ncc1CNC(=O)Cc1cccc(Br)c1. The molecule has 0 aliphatic rings. The van der Waals surface area contributed by atoms with Crippen LogP contribution in [0.25, 0.3) is 0 Å². The fraction of sp³-hybridized carbons (Fsp3) is 0.231. The van der Waals surface area contributed by atoms with Crippen molar-refractivity contribution >= 4 is 21.8 Å². The molecule has 94 valence electrons. The summed E-state index contributed by atoms with van der Waals surface area (Å²) in [4.78, 5) is 11.8. The molecule has 4 nitrogen and oxygen atoms in total. The van der Waals surface area contributed by atoms with Gasteiger partial charge < -0.3 is 5.32 Å². The summed E-state index contributed by atoms with van der Waals surface area (Å²) in [5, 5.41) is 9.63. The summed E-state index contributed by atoms with van der Waals surface area (Å²) in [6.07, 6.45) is 2.12. The number of halogens is 1. The van der Waals surface area contributed by atoms with Gasteiger partial charge >= 0.3 is 0 Å². The highest BCUT2D eigenvalue weighted by Gasteiger charge is 2.05. The maximum absolute atomic E-state index is 11.8. The maximum Gasteiger partial charge on any atom is 0.224 e. The van der Waals surface area contributed by atoms with E-state index < -0.39 is 0 Å². The molecule has 0 aliphatic heterocycles. The Morgan fingerprint density at radius 1 is 1.50 bits per heavy atom. The van der Waals surface area contributed by atoms with Crippen molar-refractivity contribution in [2.45, 2.75) is 19.9 Å². The molecular weight excluding hydrogens is 294 g/mol. The predicted molar refractivity (Wildman–Crippen MR) is 73.0 cm³/mol. The molecule has 1 heterocycles. The summed E-state index contributed by atoms with van der Waals surface area (Å²) in [5.74, 6) is 0.00806. The number of rotatable bonds is 4. The second kappa shape index (κ2) is 5.82. The van der Waals surface area contributed by atoms with Crippen LogP contribution in [0, 0.1) is 6.92 Å². The van der Waals surface area contributed by atoms with E-state index in [0.29, 0.717) is 13.0 Å². The summed E-state index contributed by atoms with van der Waals surface area (Å²) in [7, 11) is 0. The van der Waals surface area contributed by atoms with Crippen LogP contribution in [0.4, 0.5) is 0 Å². The fourth-order valence-corrected chi connectivity index (χ4v) is 2.09. The Morgan fingerprint density at radius 3 is 3.00 bits per heavy atom. The molecule has 0 aliphatic carbocycles. The minimum atomic E-state index is 0.00806. The molecule has 2 rings (SSSR count). The van der Waals surface area contributed by atoms with Crippen LogP contribution in [-0.4, -0.2) is 16.1 Å². The summed E-state index contributed by atoms with van der Waals surface area (Å²) in [6.45, 7) is 2.44. The molecule has 5 heteroatoms. The lowest BCUT2D eigenvalue weighted by Crippen LogP contribution is -2.24. The smallest absolute Gasteiger partial charge is 0.224 e. The Labute approximate surface area is 114 Å². The first-order chi connectivity index (χ1) is 8.65. The number of aromatic amines is 1. The fourth-order valence-electron chi connectivity index (χ4n) is 1.64. The number of aryl methyl sites for hydroxylation is 1. The van der Waals surface area contributed by atoms with Crippen molar-refractivity contribution in [3.8, 4) is 0 Å². The van der Waals surface area contributed by atoms with E-state index in [9.17, 15) is 4.79 Å². The van der Waals surface area contributed by atoms with E-state index >= 15 is 0 Å². The molecule has 0 saturated heterocycles. The van der Waals surface area contributed by atoms with Gasteiger partial charge in [0.05, 0.1) is 12.6 Å². The number of hydrogen-bond donors (Lipinski definition) is 2. The van der Waals surface area contributed by atoms with Gasteiger partial charge in [-0.1, -0.05) is 28.1 Å². The lowest BCUT2D eigenvalue weighted by molar-refractivity contribution is -0.120. The largest absolute Gasteiger partial charge is 0.352 e. The van der Waals surface area contributed by atoms with Crippen LogP contribution >= 0.6 is 15.9 Å². The van der Waals surface area contributed by atoms with Crippen LogP contribution in [0.5, 0.6) is 0 Å². The number of carbonyl (C=O) groups excluding carboxylic acids is 1. The molecule has 0 atom stereocenters. The zero-order valence-corrected chi connectivity index (χ0v) is 11.6. The highest BCUT2D eigenvalue weighted by molar-refractivity contribution is 9.10. The molecular formula is C13H14BrN3O. The van der Waals surface area contributed by atoms with E-state index in [2.05, 4.69) is 31.4 Å². The van der Waals surface area contributed by atoms with Crippen molar-refractivity contribution in [1.82, 2.24) is 15.5 Å². The number of aromatic nitrogens is 2. The molecule has 0 unspecified atom stereocenters. The summed E-state index contributed by atoms with van der Waals surface area (Å²) in [6, 6.07) is 7.75. The van der Waals surface area contributed by atoms with Crippen LogP contribution in [0.1, 0.15) is 16.8 Å². The van der Waals surface area contributed by atoms with Crippen molar-refractivity contribution in [3.63, 3.8) is 0 Å². The minimum Gasteiger partial charge on any atom is -0.352 e. The van der Waals surface area contributed by atoms with Gasteiger partial charge in [-0.15, -0.1) is 0 Å². The zero-order chi connectivity index (χ0) is 13.0. The lowest BCUT2D eigenvalue weighted by atomic mass is 10.1. The van der Waals surface area contributed by atoms with Crippen molar-refractivity contribution in [3.05, 3.63) is 51.8 Å². The topological polar surface area (TPSA) is 57.8 Å². The highest BCUT2D eigenvalue weighted by Crippen LogP contribution is 2.12. The van der Waals surface area contributed by atoms with Crippen LogP contribution in [-0.2, 0) is 17.8 Å². The van der Waals surface area contributed by atoms with Gasteiger partial charge in [0, 0.05) is 22.3 Å². The number of nitrogens with one attached hydrogen (secondary N) is 2. The Balaban J connectivity index is 1.88. The first-order valence-corrected chi connectivity index (χ1v) is 6.44. The standard InChI is InChI=1S/C13H14BrN3O/c1-9-11(8-16-17-9)7-15-13(18)6-10-3-2-4-12(14)5-10/h2-5,8H,6-7H2,1H3,(H,15,18)(H,16,17). The second-order valence-corrected chi connectivity index (χ2v) is 5.02. The molecule has 2 aromatic rings. The Kier molecular flexibility index (Phi) is 4.15. The molecule has 1 amide bonds. The van der Waals surface area contributed by atoms with Crippen molar-refractivity contribution in [2.24, 2.45) is 0 Å². The van der Waals surface area contributed by atoms with E-state index in [1.807, 2.05) is 31.2 Å². The zero-order valence-electron chi connectivity index (χ0n) is 10.0. The molecule has 0 fully saturated rings. The number of hydrogen-bond acceptors (Lipinski definition) is 2. The molecule has 18 heavy (non-hydrogen) atoms. The highest BCUT2D eigenvalue weighted by atomic mass is 79.9. The van der Waals surface area contributed by atoms with Crippen molar-refractivity contribution in [1.29, 1.82) is 0 Å². The average Bonchev–Trinajstić information content (AvgIpc) is 2.72. The van der Waals surface area contributed by atoms with E-state index in [-0.39, 0.29) is 5.91 Å². The van der Waals surface area contributed by atoms with Gasteiger partial charge in [-0.05, 0) is 24.6 Å². The van der Waals surface area contributed by atoms with Crippen LogP contribution in [0.15, 0.2) is 34.9 Å². The van der Waals surface area contributed by atoms with Crippen molar-refractivity contribution < 1.29 is 4.79 Å². The minimum absolute atomic E-state index is 0.00806. The number of carbonyl (C=O) groups is 1.